The predicted molar refractivity (Wildman–Crippen MR) is 123 cm³/mol. The summed E-state index contributed by atoms with van der Waals surface area (Å²) < 4.78 is 12.7. The Bertz CT molecular complexity index is 1290. The molecule has 32 heavy (non-hydrogen) atoms. The molecule has 4 aromatic rings. The molecular weight excluding hydrogens is 404 g/mol. The van der Waals surface area contributed by atoms with Gasteiger partial charge in [0, 0.05) is 48.9 Å². The van der Waals surface area contributed by atoms with Gasteiger partial charge in [0.25, 0.3) is 5.91 Å². The van der Waals surface area contributed by atoms with Gasteiger partial charge in [0.05, 0.1) is 32.0 Å². The van der Waals surface area contributed by atoms with Crippen LogP contribution in [0.5, 0.6) is 5.88 Å². The van der Waals surface area contributed by atoms with E-state index in [9.17, 15) is 4.79 Å². The van der Waals surface area contributed by atoms with Crippen LogP contribution in [0, 0.1) is 0 Å². The van der Waals surface area contributed by atoms with E-state index in [1.54, 1.807) is 11.8 Å². The molecule has 1 fully saturated rings. The van der Waals surface area contributed by atoms with E-state index >= 15 is 0 Å². The Morgan fingerprint density at radius 1 is 1.03 bits per heavy atom. The number of carbonyl (C=O) groups excluding carboxylic acids is 1. The first kappa shape index (κ1) is 20.2. The SMILES string of the molecule is COc1cc(-c2ccccc2-c2cnn(C)c2)c2cc(C(=O)N3CCOCC3)ccc2n1. The Balaban J connectivity index is 1.68. The number of hydrogen-bond acceptors (Lipinski definition) is 5. The van der Waals surface area contributed by atoms with Gasteiger partial charge in [-0.1, -0.05) is 24.3 Å². The number of carbonyl (C=O) groups is 1. The molecule has 1 amide bonds. The van der Waals surface area contributed by atoms with Gasteiger partial charge >= 0.3 is 0 Å². The van der Waals surface area contributed by atoms with Crippen LogP contribution in [0.1, 0.15) is 10.4 Å². The molecule has 1 saturated heterocycles. The maximum absolute atomic E-state index is 13.1. The van der Waals surface area contributed by atoms with Crippen LogP contribution < -0.4 is 4.74 Å². The van der Waals surface area contributed by atoms with Gasteiger partial charge in [-0.05, 0) is 34.9 Å². The van der Waals surface area contributed by atoms with Crippen molar-refractivity contribution >= 4 is 16.8 Å². The largest absolute Gasteiger partial charge is 0.481 e. The maximum Gasteiger partial charge on any atom is 0.254 e. The lowest BCUT2D eigenvalue weighted by molar-refractivity contribution is 0.0303. The summed E-state index contributed by atoms with van der Waals surface area (Å²) in [5.41, 5.74) is 5.49. The number of fused-ring (bicyclic) bond motifs is 1. The summed E-state index contributed by atoms with van der Waals surface area (Å²) in [4.78, 5) is 19.6. The summed E-state index contributed by atoms with van der Waals surface area (Å²) in [5.74, 6) is 0.540. The summed E-state index contributed by atoms with van der Waals surface area (Å²) in [6, 6.07) is 15.8. The third-order valence-corrected chi connectivity index (χ3v) is 5.77. The number of methoxy groups -OCH3 is 1. The average Bonchev–Trinajstić information content (AvgIpc) is 3.29. The Morgan fingerprint density at radius 3 is 2.53 bits per heavy atom. The number of benzene rings is 2. The lowest BCUT2D eigenvalue weighted by Crippen LogP contribution is -2.40. The van der Waals surface area contributed by atoms with E-state index in [4.69, 9.17) is 9.47 Å². The zero-order valence-corrected chi connectivity index (χ0v) is 18.1. The lowest BCUT2D eigenvalue weighted by Gasteiger charge is -2.27. The number of nitrogens with zero attached hydrogens (tertiary/aromatic N) is 4. The number of aromatic nitrogens is 3. The maximum atomic E-state index is 13.1. The van der Waals surface area contributed by atoms with Gasteiger partial charge in [-0.25, -0.2) is 4.98 Å². The molecule has 0 saturated carbocycles. The van der Waals surface area contributed by atoms with Crippen molar-refractivity contribution in [1.82, 2.24) is 19.7 Å². The fourth-order valence-electron chi connectivity index (χ4n) is 4.14. The smallest absolute Gasteiger partial charge is 0.254 e. The topological polar surface area (TPSA) is 69.5 Å². The number of aryl methyl sites for hydroxylation is 1. The first-order valence-electron chi connectivity index (χ1n) is 10.6. The minimum absolute atomic E-state index is 0.0116. The fourth-order valence-corrected chi connectivity index (χ4v) is 4.14. The van der Waals surface area contributed by atoms with Crippen LogP contribution in [0.4, 0.5) is 0 Å². The van der Waals surface area contributed by atoms with Crippen LogP contribution in [-0.4, -0.2) is 59.0 Å². The molecule has 0 bridgehead atoms. The van der Waals surface area contributed by atoms with Crippen molar-refractivity contribution in [1.29, 1.82) is 0 Å². The van der Waals surface area contributed by atoms with E-state index in [-0.39, 0.29) is 5.91 Å². The minimum Gasteiger partial charge on any atom is -0.481 e. The Kier molecular flexibility index (Phi) is 5.33. The van der Waals surface area contributed by atoms with Gasteiger partial charge in [0.1, 0.15) is 0 Å². The fraction of sp³-hybridized carbons (Fsp3) is 0.240. The molecular formula is C25H24N4O3. The summed E-state index contributed by atoms with van der Waals surface area (Å²) in [5, 5.41) is 5.24. The molecule has 0 radical (unpaired) electrons. The number of morpholine rings is 1. The van der Waals surface area contributed by atoms with Gasteiger partial charge in [0.15, 0.2) is 0 Å². The third kappa shape index (κ3) is 3.71. The standard InChI is InChI=1S/C25H24N4O3/c1-28-16-18(15-26-28)19-5-3-4-6-20(19)21-14-24(31-2)27-23-8-7-17(13-22(21)23)25(30)29-9-11-32-12-10-29/h3-8,13-16H,9-12H2,1-2H3. The highest BCUT2D eigenvalue weighted by molar-refractivity contribution is 6.04. The molecule has 0 aliphatic carbocycles. The highest BCUT2D eigenvalue weighted by Gasteiger charge is 2.20. The molecule has 1 aliphatic rings. The van der Waals surface area contributed by atoms with Gasteiger partial charge in [-0.2, -0.15) is 5.10 Å². The summed E-state index contributed by atoms with van der Waals surface area (Å²) in [6.45, 7) is 2.35. The van der Waals surface area contributed by atoms with Crippen LogP contribution in [0.25, 0.3) is 33.2 Å². The Labute approximate surface area is 186 Å². The first-order valence-corrected chi connectivity index (χ1v) is 10.6. The molecule has 0 unspecified atom stereocenters. The van der Waals surface area contributed by atoms with Crippen molar-refractivity contribution in [3.05, 3.63) is 66.5 Å². The lowest BCUT2D eigenvalue weighted by atomic mass is 9.93. The number of rotatable bonds is 4. The normalized spacial score (nSPS) is 14.0. The number of ether oxygens (including phenoxy) is 2. The summed E-state index contributed by atoms with van der Waals surface area (Å²) in [6.07, 6.45) is 3.85. The van der Waals surface area contributed by atoms with Gasteiger partial charge in [-0.3, -0.25) is 9.48 Å². The molecule has 1 aliphatic heterocycles. The minimum atomic E-state index is 0.0116. The van der Waals surface area contributed by atoms with E-state index in [1.165, 1.54) is 0 Å². The molecule has 2 aromatic carbocycles. The van der Waals surface area contributed by atoms with Crippen LogP contribution in [0.15, 0.2) is 60.9 Å². The molecule has 5 rings (SSSR count). The Hall–Kier alpha value is -3.71. The zero-order chi connectivity index (χ0) is 22.1. The van der Waals surface area contributed by atoms with E-state index in [2.05, 4.69) is 22.2 Å². The van der Waals surface area contributed by atoms with Crippen LogP contribution in [-0.2, 0) is 11.8 Å². The summed E-state index contributed by atoms with van der Waals surface area (Å²) in [7, 11) is 3.52. The van der Waals surface area contributed by atoms with Crippen molar-refractivity contribution in [2.24, 2.45) is 7.05 Å². The summed E-state index contributed by atoms with van der Waals surface area (Å²) >= 11 is 0. The van der Waals surface area contributed by atoms with Crippen molar-refractivity contribution in [3.63, 3.8) is 0 Å². The second-order valence-electron chi connectivity index (χ2n) is 7.80. The molecule has 0 atom stereocenters. The van der Waals surface area contributed by atoms with Crippen molar-refractivity contribution in [3.8, 4) is 28.1 Å². The third-order valence-electron chi connectivity index (χ3n) is 5.77. The molecule has 0 spiro atoms. The second-order valence-corrected chi connectivity index (χ2v) is 7.80. The monoisotopic (exact) mass is 428 g/mol. The number of pyridine rings is 1. The quantitative estimate of drug-likeness (QED) is 0.495. The highest BCUT2D eigenvalue weighted by atomic mass is 16.5. The average molecular weight is 428 g/mol. The molecule has 7 nitrogen and oxygen atoms in total. The molecule has 7 heteroatoms. The highest BCUT2D eigenvalue weighted by Crippen LogP contribution is 2.37. The van der Waals surface area contributed by atoms with E-state index in [0.29, 0.717) is 37.7 Å². The molecule has 162 valence electrons. The molecule has 0 N–H and O–H groups in total. The van der Waals surface area contributed by atoms with Crippen molar-refractivity contribution in [2.75, 3.05) is 33.4 Å². The van der Waals surface area contributed by atoms with Gasteiger partial charge in [-0.15, -0.1) is 0 Å². The van der Waals surface area contributed by atoms with Crippen molar-refractivity contribution in [2.45, 2.75) is 0 Å². The molecule has 3 heterocycles. The Morgan fingerprint density at radius 2 is 1.81 bits per heavy atom. The van der Waals surface area contributed by atoms with E-state index < -0.39 is 0 Å². The van der Waals surface area contributed by atoms with Crippen LogP contribution in [0.3, 0.4) is 0 Å². The first-order chi connectivity index (χ1) is 15.6. The molecule has 2 aromatic heterocycles. The number of amides is 1. The van der Waals surface area contributed by atoms with E-state index in [0.717, 1.165) is 33.2 Å². The van der Waals surface area contributed by atoms with Gasteiger partial charge in [0.2, 0.25) is 5.88 Å². The van der Waals surface area contributed by atoms with Gasteiger partial charge < -0.3 is 14.4 Å². The van der Waals surface area contributed by atoms with E-state index in [1.807, 2.05) is 60.7 Å². The number of hydrogen-bond donors (Lipinski definition) is 0. The second kappa shape index (κ2) is 8.43. The van der Waals surface area contributed by atoms with Crippen LogP contribution >= 0.6 is 0 Å². The predicted octanol–water partition coefficient (Wildman–Crippen LogP) is 3.78. The van der Waals surface area contributed by atoms with Crippen LogP contribution in [0.2, 0.25) is 0 Å². The zero-order valence-electron chi connectivity index (χ0n) is 18.1. The van der Waals surface area contributed by atoms with Crippen molar-refractivity contribution < 1.29 is 14.3 Å².